The topological polar surface area (TPSA) is 73.3 Å². The minimum absolute atomic E-state index is 0.114. The first-order valence-electron chi connectivity index (χ1n) is 6.30. The quantitative estimate of drug-likeness (QED) is 0.857. The smallest absolute Gasteiger partial charge is 0.262 e. The van der Waals surface area contributed by atoms with Gasteiger partial charge in [-0.1, -0.05) is 20.8 Å². The van der Waals surface area contributed by atoms with Crippen molar-refractivity contribution in [3.05, 3.63) is 12.3 Å². The summed E-state index contributed by atoms with van der Waals surface area (Å²) in [5, 5.41) is 9.10. The lowest BCUT2D eigenvalue weighted by Gasteiger charge is -2.32. The second-order valence-corrected chi connectivity index (χ2v) is 13.3. The van der Waals surface area contributed by atoms with Crippen LogP contribution in [0.4, 0.5) is 13.2 Å². The Balaban J connectivity index is 3.18. The third-order valence-corrected chi connectivity index (χ3v) is 10.9. The van der Waals surface area contributed by atoms with E-state index in [1.165, 1.54) is 6.07 Å². The summed E-state index contributed by atoms with van der Waals surface area (Å²) < 4.78 is 54.4. The molecule has 0 aliphatic heterocycles. The van der Waals surface area contributed by atoms with Crippen LogP contribution in [0.1, 0.15) is 20.8 Å². The zero-order valence-electron chi connectivity index (χ0n) is 12.7. The molecule has 0 aliphatic carbocycles. The van der Waals surface area contributed by atoms with Gasteiger partial charge >= 0.3 is 6.18 Å². The highest BCUT2D eigenvalue weighted by atomic mass is 32.2. The average molecular weight is 342 g/mol. The first kappa shape index (κ1) is 18.2. The summed E-state index contributed by atoms with van der Waals surface area (Å²) in [4.78, 5) is 0. The first-order valence-corrected chi connectivity index (χ1v) is 10.8. The van der Waals surface area contributed by atoms with Gasteiger partial charge in [0.2, 0.25) is 0 Å². The predicted octanol–water partition coefficient (Wildman–Crippen LogP) is 3.15. The summed E-state index contributed by atoms with van der Waals surface area (Å²) in [6.45, 7) is 8.49. The normalized spacial score (nSPS) is 16.6. The zero-order chi connectivity index (χ0) is 16.7. The number of rotatable bonds is 3. The number of hydrogen-bond acceptors (Lipinski definition) is 3. The van der Waals surface area contributed by atoms with E-state index in [1.54, 1.807) is 0 Å². The third kappa shape index (κ3) is 4.82. The van der Waals surface area contributed by atoms with Crippen molar-refractivity contribution in [3.63, 3.8) is 0 Å². The average Bonchev–Trinajstić information content (AvgIpc) is 2.60. The molecule has 1 atom stereocenters. The van der Waals surface area contributed by atoms with E-state index in [-0.39, 0.29) is 10.1 Å². The van der Waals surface area contributed by atoms with Crippen molar-refractivity contribution in [2.75, 3.05) is 0 Å². The highest BCUT2D eigenvalue weighted by Gasteiger charge is 2.37. The van der Waals surface area contributed by atoms with E-state index in [2.05, 4.69) is 9.13 Å². The molecule has 1 aromatic rings. The molecule has 10 heteroatoms. The van der Waals surface area contributed by atoms with Gasteiger partial charge in [-0.15, -0.1) is 0 Å². The van der Waals surface area contributed by atoms with Crippen molar-refractivity contribution in [3.8, 4) is 0 Å². The SMILES string of the molecule is CC(C)(C)[Si](C)(C)N=S(N)(=O)c1ccn(CC(F)(F)F)n1. The van der Waals surface area contributed by atoms with E-state index in [1.807, 2.05) is 33.9 Å². The lowest BCUT2D eigenvalue weighted by molar-refractivity contribution is -0.142. The molecule has 0 saturated heterocycles. The van der Waals surface area contributed by atoms with Crippen LogP contribution in [0.25, 0.3) is 0 Å². The summed E-state index contributed by atoms with van der Waals surface area (Å²) >= 11 is 0. The first-order chi connectivity index (χ1) is 9.14. The fourth-order valence-corrected chi connectivity index (χ4v) is 5.95. The fraction of sp³-hybridized carbons (Fsp3) is 0.727. The summed E-state index contributed by atoms with van der Waals surface area (Å²) in [7, 11) is -5.61. The van der Waals surface area contributed by atoms with Crippen molar-refractivity contribution in [1.82, 2.24) is 9.78 Å². The van der Waals surface area contributed by atoms with E-state index in [9.17, 15) is 17.4 Å². The molecule has 0 aromatic carbocycles. The highest BCUT2D eigenvalue weighted by Crippen LogP contribution is 2.37. The number of alkyl halides is 3. The maximum absolute atomic E-state index is 12.5. The molecule has 5 nitrogen and oxygen atoms in total. The minimum Gasteiger partial charge on any atom is -0.262 e. The maximum atomic E-state index is 12.5. The molecule has 0 amide bonds. The molecule has 1 aromatic heterocycles. The molecular formula is C11H21F3N4OSSi. The van der Waals surface area contributed by atoms with Gasteiger partial charge in [0.25, 0.3) is 0 Å². The van der Waals surface area contributed by atoms with E-state index >= 15 is 0 Å². The third-order valence-electron chi connectivity index (χ3n) is 3.46. The van der Waals surface area contributed by atoms with Crippen LogP contribution in [-0.2, 0) is 16.5 Å². The molecule has 0 spiro atoms. The number of hydrogen-bond donors (Lipinski definition) is 1. The largest absolute Gasteiger partial charge is 0.408 e. The summed E-state index contributed by atoms with van der Waals surface area (Å²) in [6, 6.07) is 1.23. The molecule has 0 saturated carbocycles. The molecule has 1 unspecified atom stereocenters. The van der Waals surface area contributed by atoms with E-state index < -0.39 is 30.9 Å². The second-order valence-electron chi connectivity index (χ2n) is 6.44. The standard InChI is InChI=1S/C11H21F3N4OSSi/c1-10(2,3)21(4,5)17-20(15,19)9-6-7-18(16-9)8-11(12,13)14/h6-7H,8H2,1-5H3,(H2,15,17,19). The van der Waals surface area contributed by atoms with Gasteiger partial charge < -0.3 is 0 Å². The van der Waals surface area contributed by atoms with Crippen LogP contribution >= 0.6 is 0 Å². The number of halogens is 3. The molecule has 0 fully saturated rings. The lowest BCUT2D eigenvalue weighted by atomic mass is 10.2. The Bertz CT molecular complexity index is 624. The fourth-order valence-electron chi connectivity index (χ4n) is 1.29. The van der Waals surface area contributed by atoms with Crippen LogP contribution in [0.3, 0.4) is 0 Å². The van der Waals surface area contributed by atoms with E-state index in [0.29, 0.717) is 4.68 Å². The predicted molar refractivity (Wildman–Crippen MR) is 78.5 cm³/mol. The Morgan fingerprint density at radius 3 is 2.33 bits per heavy atom. The van der Waals surface area contributed by atoms with Gasteiger partial charge in [0.1, 0.15) is 16.5 Å². The van der Waals surface area contributed by atoms with Crippen molar-refractivity contribution < 1.29 is 17.4 Å². The number of nitrogens with zero attached hydrogens (tertiary/aromatic N) is 3. The van der Waals surface area contributed by atoms with Crippen molar-refractivity contribution >= 4 is 18.2 Å². The minimum atomic E-state index is -4.39. The van der Waals surface area contributed by atoms with Crippen LogP contribution in [0.15, 0.2) is 21.3 Å². The van der Waals surface area contributed by atoms with Crippen molar-refractivity contribution in [2.24, 2.45) is 9.17 Å². The van der Waals surface area contributed by atoms with Gasteiger partial charge in [-0.2, -0.15) is 18.3 Å². The summed E-state index contributed by atoms with van der Waals surface area (Å²) in [6.07, 6.45) is -3.29. The number of aromatic nitrogens is 2. The van der Waals surface area contributed by atoms with Gasteiger partial charge in [0.15, 0.2) is 13.3 Å². The maximum Gasteiger partial charge on any atom is 0.408 e. The van der Waals surface area contributed by atoms with Crippen molar-refractivity contribution in [2.45, 2.75) is 56.7 Å². The molecule has 0 bridgehead atoms. The molecule has 0 aliphatic rings. The zero-order valence-corrected chi connectivity index (χ0v) is 14.5. The van der Waals surface area contributed by atoms with Gasteiger partial charge in [0, 0.05) is 6.20 Å². The Hall–Kier alpha value is -0.873. The Morgan fingerprint density at radius 1 is 1.38 bits per heavy atom. The van der Waals surface area contributed by atoms with E-state index in [4.69, 9.17) is 5.14 Å². The molecule has 122 valence electrons. The molecule has 1 rings (SSSR count). The van der Waals surface area contributed by atoms with Crippen LogP contribution in [0, 0.1) is 0 Å². The number of nitrogens with two attached hydrogens (primary N) is 1. The lowest BCUT2D eigenvalue weighted by Crippen LogP contribution is -2.37. The van der Waals surface area contributed by atoms with Gasteiger partial charge in [-0.05, 0) is 24.2 Å². The molecule has 1 heterocycles. The monoisotopic (exact) mass is 342 g/mol. The summed E-state index contributed by atoms with van der Waals surface area (Å²) in [5.41, 5.74) is 0. The highest BCUT2D eigenvalue weighted by molar-refractivity contribution is 7.92. The summed E-state index contributed by atoms with van der Waals surface area (Å²) in [5.74, 6) is 0. The van der Waals surface area contributed by atoms with Gasteiger partial charge in [-0.25, -0.2) is 9.35 Å². The molecule has 2 N–H and O–H groups in total. The van der Waals surface area contributed by atoms with Crippen molar-refractivity contribution in [1.29, 1.82) is 0 Å². The molecular weight excluding hydrogens is 321 g/mol. The van der Waals surface area contributed by atoms with Crippen LogP contribution in [0.2, 0.25) is 18.1 Å². The Kier molecular flexibility index (Phi) is 4.67. The molecule has 21 heavy (non-hydrogen) atoms. The van der Waals surface area contributed by atoms with E-state index in [0.717, 1.165) is 6.20 Å². The van der Waals surface area contributed by atoms with Crippen LogP contribution in [-0.4, -0.2) is 28.4 Å². The Morgan fingerprint density at radius 2 is 1.90 bits per heavy atom. The van der Waals surface area contributed by atoms with Gasteiger partial charge in [-0.3, -0.25) is 8.71 Å². The molecule has 0 radical (unpaired) electrons. The Labute approximate surface area is 124 Å². The van der Waals surface area contributed by atoms with Crippen LogP contribution in [0.5, 0.6) is 0 Å². The second kappa shape index (κ2) is 5.40. The van der Waals surface area contributed by atoms with Gasteiger partial charge in [0.05, 0.1) is 0 Å². The van der Waals surface area contributed by atoms with Crippen LogP contribution < -0.4 is 5.14 Å².